The van der Waals surface area contributed by atoms with E-state index in [9.17, 15) is 4.79 Å². The molecular formula is C21H24N4O2S. The van der Waals surface area contributed by atoms with Gasteiger partial charge < -0.3 is 14.6 Å². The third-order valence-electron chi connectivity index (χ3n) is 4.09. The van der Waals surface area contributed by atoms with Crippen molar-refractivity contribution in [3.05, 3.63) is 54.1 Å². The predicted molar refractivity (Wildman–Crippen MR) is 113 cm³/mol. The van der Waals surface area contributed by atoms with Crippen molar-refractivity contribution < 1.29 is 9.53 Å². The molecule has 1 amide bonds. The summed E-state index contributed by atoms with van der Waals surface area (Å²) in [6.45, 7) is 7.35. The summed E-state index contributed by atoms with van der Waals surface area (Å²) >= 11 is 1.38. The fourth-order valence-corrected chi connectivity index (χ4v) is 3.61. The van der Waals surface area contributed by atoms with Crippen molar-refractivity contribution >= 4 is 23.4 Å². The number of hydrogen-bond acceptors (Lipinski definition) is 5. The second kappa shape index (κ2) is 9.41. The molecule has 7 heteroatoms. The van der Waals surface area contributed by atoms with Crippen LogP contribution in [-0.4, -0.2) is 33.0 Å². The van der Waals surface area contributed by atoms with E-state index in [1.54, 1.807) is 0 Å². The van der Waals surface area contributed by atoms with Gasteiger partial charge in [0.15, 0.2) is 11.0 Å². The minimum Gasteiger partial charge on any atom is -0.494 e. The standard InChI is InChI=1S/C21H24N4O2S/c1-4-25-20(16-9-11-18(12-10-16)27-5-2)23-24-21(25)28-14-19(26)22-17-8-6-7-15(3)13-17/h6-13H,4-5,14H2,1-3H3,(H,22,26). The molecule has 3 rings (SSSR count). The van der Waals surface area contributed by atoms with Crippen molar-refractivity contribution in [3.8, 4) is 17.1 Å². The normalized spacial score (nSPS) is 10.7. The Morgan fingerprint density at radius 3 is 2.61 bits per heavy atom. The summed E-state index contributed by atoms with van der Waals surface area (Å²) in [5.41, 5.74) is 2.88. The van der Waals surface area contributed by atoms with Gasteiger partial charge in [-0.3, -0.25) is 4.79 Å². The van der Waals surface area contributed by atoms with Crippen molar-refractivity contribution in [1.82, 2.24) is 14.8 Å². The van der Waals surface area contributed by atoms with Gasteiger partial charge in [0.2, 0.25) is 5.91 Å². The zero-order chi connectivity index (χ0) is 19.9. The monoisotopic (exact) mass is 396 g/mol. The van der Waals surface area contributed by atoms with Crippen LogP contribution in [0.15, 0.2) is 53.7 Å². The number of nitrogens with one attached hydrogen (secondary N) is 1. The Balaban J connectivity index is 1.67. The Labute approximate surface area is 169 Å². The summed E-state index contributed by atoms with van der Waals surface area (Å²) in [6.07, 6.45) is 0. The smallest absolute Gasteiger partial charge is 0.234 e. The molecule has 28 heavy (non-hydrogen) atoms. The van der Waals surface area contributed by atoms with E-state index < -0.39 is 0 Å². The number of amides is 1. The van der Waals surface area contributed by atoms with Crippen molar-refractivity contribution in [2.45, 2.75) is 32.5 Å². The van der Waals surface area contributed by atoms with Crippen LogP contribution in [-0.2, 0) is 11.3 Å². The van der Waals surface area contributed by atoms with Crippen molar-refractivity contribution in [1.29, 1.82) is 0 Å². The lowest BCUT2D eigenvalue weighted by Gasteiger charge is -2.09. The lowest BCUT2D eigenvalue weighted by atomic mass is 10.2. The summed E-state index contributed by atoms with van der Waals surface area (Å²) in [7, 11) is 0. The molecule has 1 N–H and O–H groups in total. The Hall–Kier alpha value is -2.80. The van der Waals surface area contributed by atoms with Crippen LogP contribution >= 0.6 is 11.8 Å². The van der Waals surface area contributed by atoms with Gasteiger partial charge in [-0.1, -0.05) is 23.9 Å². The Morgan fingerprint density at radius 1 is 1.14 bits per heavy atom. The molecule has 1 aromatic heterocycles. The first-order valence-electron chi connectivity index (χ1n) is 9.26. The summed E-state index contributed by atoms with van der Waals surface area (Å²) < 4.78 is 7.50. The molecule has 0 spiro atoms. The second-order valence-electron chi connectivity index (χ2n) is 6.21. The molecule has 0 bridgehead atoms. The highest BCUT2D eigenvalue weighted by molar-refractivity contribution is 7.99. The Morgan fingerprint density at radius 2 is 1.93 bits per heavy atom. The van der Waals surface area contributed by atoms with E-state index in [4.69, 9.17) is 4.74 Å². The highest BCUT2D eigenvalue weighted by Crippen LogP contribution is 2.25. The van der Waals surface area contributed by atoms with Gasteiger partial charge in [-0.25, -0.2) is 0 Å². The Bertz CT molecular complexity index is 938. The van der Waals surface area contributed by atoms with Gasteiger partial charge in [-0.2, -0.15) is 0 Å². The van der Waals surface area contributed by atoms with Gasteiger partial charge in [0.25, 0.3) is 0 Å². The van der Waals surface area contributed by atoms with Crippen LogP contribution in [0.3, 0.4) is 0 Å². The molecule has 0 saturated heterocycles. The van der Waals surface area contributed by atoms with Crippen LogP contribution < -0.4 is 10.1 Å². The van der Waals surface area contributed by atoms with Crippen molar-refractivity contribution in [2.24, 2.45) is 0 Å². The molecule has 3 aromatic rings. The van der Waals surface area contributed by atoms with E-state index in [1.807, 2.05) is 73.9 Å². The number of hydrogen-bond donors (Lipinski definition) is 1. The highest BCUT2D eigenvalue weighted by atomic mass is 32.2. The minimum absolute atomic E-state index is 0.0659. The maximum atomic E-state index is 12.3. The van der Waals surface area contributed by atoms with E-state index in [0.717, 1.165) is 40.1 Å². The summed E-state index contributed by atoms with van der Waals surface area (Å²) in [5, 5.41) is 12.2. The molecular weight excluding hydrogens is 372 g/mol. The van der Waals surface area contributed by atoms with E-state index in [2.05, 4.69) is 15.5 Å². The molecule has 0 fully saturated rings. The summed E-state index contributed by atoms with van der Waals surface area (Å²) in [6, 6.07) is 15.5. The van der Waals surface area contributed by atoms with E-state index in [1.165, 1.54) is 11.8 Å². The Kier molecular flexibility index (Phi) is 6.71. The van der Waals surface area contributed by atoms with Crippen LogP contribution in [0.2, 0.25) is 0 Å². The summed E-state index contributed by atoms with van der Waals surface area (Å²) in [4.78, 5) is 12.3. The summed E-state index contributed by atoms with van der Waals surface area (Å²) in [5.74, 6) is 1.82. The van der Waals surface area contributed by atoms with Gasteiger partial charge in [0.05, 0.1) is 12.4 Å². The number of ether oxygens (including phenoxy) is 1. The van der Waals surface area contributed by atoms with Gasteiger partial charge in [0, 0.05) is 17.8 Å². The molecule has 2 aromatic carbocycles. The largest absolute Gasteiger partial charge is 0.494 e. The minimum atomic E-state index is -0.0659. The number of nitrogens with zero attached hydrogens (tertiary/aromatic N) is 3. The third kappa shape index (κ3) is 4.92. The molecule has 0 aliphatic carbocycles. The lowest BCUT2D eigenvalue weighted by Crippen LogP contribution is -2.14. The van der Waals surface area contributed by atoms with Crippen LogP contribution in [0.4, 0.5) is 5.69 Å². The second-order valence-corrected chi connectivity index (χ2v) is 7.16. The number of carbonyl (C=O) groups excluding carboxylic acids is 1. The average Bonchev–Trinajstić information content (AvgIpc) is 3.10. The topological polar surface area (TPSA) is 69.0 Å². The van der Waals surface area contributed by atoms with Crippen LogP contribution in [0.5, 0.6) is 5.75 Å². The van der Waals surface area contributed by atoms with Crippen LogP contribution in [0.25, 0.3) is 11.4 Å². The van der Waals surface area contributed by atoms with E-state index >= 15 is 0 Å². The average molecular weight is 397 g/mol. The van der Waals surface area contributed by atoms with Gasteiger partial charge >= 0.3 is 0 Å². The number of aromatic nitrogens is 3. The zero-order valence-corrected chi connectivity index (χ0v) is 17.1. The number of carbonyl (C=O) groups is 1. The number of thioether (sulfide) groups is 1. The van der Waals surface area contributed by atoms with Gasteiger partial charge in [-0.05, 0) is 62.7 Å². The zero-order valence-electron chi connectivity index (χ0n) is 16.3. The van der Waals surface area contributed by atoms with Gasteiger partial charge in [0.1, 0.15) is 5.75 Å². The molecule has 6 nitrogen and oxygen atoms in total. The van der Waals surface area contributed by atoms with E-state index in [0.29, 0.717) is 6.61 Å². The number of benzene rings is 2. The first-order chi connectivity index (χ1) is 13.6. The first-order valence-corrected chi connectivity index (χ1v) is 10.2. The van der Waals surface area contributed by atoms with E-state index in [-0.39, 0.29) is 11.7 Å². The molecule has 146 valence electrons. The maximum absolute atomic E-state index is 12.3. The van der Waals surface area contributed by atoms with Gasteiger partial charge in [-0.15, -0.1) is 10.2 Å². The highest BCUT2D eigenvalue weighted by Gasteiger charge is 2.15. The third-order valence-corrected chi connectivity index (χ3v) is 5.06. The molecule has 0 aliphatic rings. The van der Waals surface area contributed by atoms with Crippen molar-refractivity contribution in [3.63, 3.8) is 0 Å². The number of rotatable bonds is 8. The fraction of sp³-hybridized carbons (Fsp3) is 0.286. The first kappa shape index (κ1) is 19.9. The molecule has 0 aliphatic heterocycles. The molecule has 1 heterocycles. The quantitative estimate of drug-likeness (QED) is 0.572. The molecule has 0 saturated carbocycles. The number of anilines is 1. The van der Waals surface area contributed by atoms with Crippen LogP contribution in [0, 0.1) is 6.92 Å². The predicted octanol–water partition coefficient (Wildman–Crippen LogP) is 4.40. The maximum Gasteiger partial charge on any atom is 0.234 e. The molecule has 0 atom stereocenters. The SMILES string of the molecule is CCOc1ccc(-c2nnc(SCC(=O)Nc3cccc(C)c3)n2CC)cc1. The fourth-order valence-electron chi connectivity index (χ4n) is 2.81. The number of aryl methyl sites for hydroxylation is 1. The molecule has 0 unspecified atom stereocenters. The lowest BCUT2D eigenvalue weighted by molar-refractivity contribution is -0.113. The van der Waals surface area contributed by atoms with Crippen molar-refractivity contribution in [2.75, 3.05) is 17.7 Å². The molecule has 0 radical (unpaired) electrons. The van der Waals surface area contributed by atoms with Crippen LogP contribution in [0.1, 0.15) is 19.4 Å².